The van der Waals surface area contributed by atoms with E-state index in [1.54, 1.807) is 12.1 Å². The molecule has 0 radical (unpaired) electrons. The van der Waals surface area contributed by atoms with Gasteiger partial charge in [-0.25, -0.2) is 4.79 Å². The number of methoxy groups -OCH3 is 1. The van der Waals surface area contributed by atoms with E-state index in [-0.39, 0.29) is 5.97 Å². The van der Waals surface area contributed by atoms with Crippen LogP contribution in [0.5, 0.6) is 5.75 Å². The molecular formula is C18H28O3. The molecule has 0 spiro atoms. The largest absolute Gasteiger partial charge is 0.494 e. The summed E-state index contributed by atoms with van der Waals surface area (Å²) in [6.45, 7) is 2.95. The smallest absolute Gasteiger partial charge is 0.337 e. The lowest BCUT2D eigenvalue weighted by atomic mass is 10.1. The first-order valence-electron chi connectivity index (χ1n) is 8.09. The number of unbranched alkanes of at least 4 members (excludes halogenated alkanes) is 7. The summed E-state index contributed by atoms with van der Waals surface area (Å²) in [6.07, 6.45) is 10.3. The number of esters is 1. The van der Waals surface area contributed by atoms with Crippen LogP contribution in [0.25, 0.3) is 0 Å². The van der Waals surface area contributed by atoms with Gasteiger partial charge in [-0.2, -0.15) is 0 Å². The summed E-state index contributed by atoms with van der Waals surface area (Å²) < 4.78 is 10.4. The molecule has 21 heavy (non-hydrogen) atoms. The van der Waals surface area contributed by atoms with Crippen molar-refractivity contribution in [1.29, 1.82) is 0 Å². The van der Waals surface area contributed by atoms with Gasteiger partial charge in [-0.1, -0.05) is 57.9 Å². The van der Waals surface area contributed by atoms with Crippen LogP contribution in [0, 0.1) is 0 Å². The first kappa shape index (κ1) is 17.5. The third kappa shape index (κ3) is 7.74. The lowest BCUT2D eigenvalue weighted by Crippen LogP contribution is -2.02. The fraction of sp³-hybridized carbons (Fsp3) is 0.611. The molecule has 1 aromatic carbocycles. The molecule has 0 saturated carbocycles. The molecule has 0 aliphatic heterocycles. The van der Waals surface area contributed by atoms with E-state index in [1.165, 1.54) is 52.1 Å². The van der Waals surface area contributed by atoms with E-state index in [9.17, 15) is 4.79 Å². The summed E-state index contributed by atoms with van der Waals surface area (Å²) in [5.74, 6) is 0.411. The molecule has 0 heterocycles. The van der Waals surface area contributed by atoms with E-state index in [2.05, 4.69) is 6.92 Å². The Kier molecular flexibility index (Phi) is 9.34. The van der Waals surface area contributed by atoms with E-state index >= 15 is 0 Å². The minimum Gasteiger partial charge on any atom is -0.494 e. The second-order valence-corrected chi connectivity index (χ2v) is 5.34. The van der Waals surface area contributed by atoms with Gasteiger partial charge in [0.1, 0.15) is 5.75 Å². The van der Waals surface area contributed by atoms with Gasteiger partial charge in [-0.05, 0) is 24.6 Å². The van der Waals surface area contributed by atoms with Gasteiger partial charge in [0.2, 0.25) is 0 Å². The van der Waals surface area contributed by atoms with Crippen molar-refractivity contribution in [1.82, 2.24) is 0 Å². The predicted molar refractivity (Wildman–Crippen MR) is 85.9 cm³/mol. The van der Waals surface area contributed by atoms with Crippen molar-refractivity contribution in [3.05, 3.63) is 29.8 Å². The van der Waals surface area contributed by atoms with Crippen LogP contribution in [0.2, 0.25) is 0 Å². The molecule has 0 aliphatic rings. The predicted octanol–water partition coefficient (Wildman–Crippen LogP) is 4.99. The lowest BCUT2D eigenvalue weighted by Gasteiger charge is -2.07. The monoisotopic (exact) mass is 292 g/mol. The second kappa shape index (κ2) is 11.2. The quantitative estimate of drug-likeness (QED) is 0.425. The Morgan fingerprint density at radius 2 is 1.67 bits per heavy atom. The van der Waals surface area contributed by atoms with Crippen molar-refractivity contribution in [2.24, 2.45) is 0 Å². The lowest BCUT2D eigenvalue weighted by molar-refractivity contribution is 0.0600. The topological polar surface area (TPSA) is 35.5 Å². The van der Waals surface area contributed by atoms with Crippen molar-refractivity contribution in [2.45, 2.75) is 58.3 Å². The summed E-state index contributed by atoms with van der Waals surface area (Å²) in [6, 6.07) is 7.15. The number of rotatable bonds is 11. The maximum Gasteiger partial charge on any atom is 0.337 e. The van der Waals surface area contributed by atoms with E-state index < -0.39 is 0 Å². The molecule has 0 unspecified atom stereocenters. The van der Waals surface area contributed by atoms with Crippen LogP contribution >= 0.6 is 0 Å². The molecule has 1 rings (SSSR count). The molecule has 3 nitrogen and oxygen atoms in total. The minimum absolute atomic E-state index is 0.326. The normalized spacial score (nSPS) is 10.4. The van der Waals surface area contributed by atoms with Crippen LogP contribution in [0.3, 0.4) is 0 Å². The van der Waals surface area contributed by atoms with Crippen molar-refractivity contribution < 1.29 is 14.3 Å². The summed E-state index contributed by atoms with van der Waals surface area (Å²) >= 11 is 0. The van der Waals surface area contributed by atoms with Gasteiger partial charge in [-0.15, -0.1) is 0 Å². The SMILES string of the molecule is CCCCCCCCCCOc1cccc(C(=O)OC)c1. The zero-order valence-electron chi connectivity index (χ0n) is 13.4. The molecule has 0 fully saturated rings. The van der Waals surface area contributed by atoms with Crippen molar-refractivity contribution in [2.75, 3.05) is 13.7 Å². The molecule has 0 atom stereocenters. The molecule has 1 aromatic rings. The van der Waals surface area contributed by atoms with Gasteiger partial charge in [0, 0.05) is 0 Å². The third-order valence-electron chi connectivity index (χ3n) is 3.52. The maximum atomic E-state index is 11.4. The number of carbonyl (C=O) groups is 1. The van der Waals surface area contributed by atoms with Gasteiger partial charge in [-0.3, -0.25) is 0 Å². The molecule has 0 aromatic heterocycles. The van der Waals surface area contributed by atoms with Gasteiger partial charge in [0.25, 0.3) is 0 Å². The Hall–Kier alpha value is -1.51. The van der Waals surface area contributed by atoms with E-state index in [0.717, 1.165) is 12.2 Å². The number of hydrogen-bond donors (Lipinski definition) is 0. The Morgan fingerprint density at radius 3 is 2.33 bits per heavy atom. The van der Waals surface area contributed by atoms with Gasteiger partial charge in [0.05, 0.1) is 19.3 Å². The average molecular weight is 292 g/mol. The Bertz CT molecular complexity index is 401. The molecule has 118 valence electrons. The van der Waals surface area contributed by atoms with Gasteiger partial charge >= 0.3 is 5.97 Å². The third-order valence-corrected chi connectivity index (χ3v) is 3.52. The Labute approximate surface area is 128 Å². The van der Waals surface area contributed by atoms with Crippen LogP contribution in [-0.2, 0) is 4.74 Å². The molecular weight excluding hydrogens is 264 g/mol. The molecule has 0 N–H and O–H groups in total. The molecule has 0 aliphatic carbocycles. The summed E-state index contributed by atoms with van der Waals surface area (Å²) in [7, 11) is 1.39. The molecule has 0 bridgehead atoms. The second-order valence-electron chi connectivity index (χ2n) is 5.34. The van der Waals surface area contributed by atoms with Crippen LogP contribution in [0.15, 0.2) is 24.3 Å². The fourth-order valence-corrected chi connectivity index (χ4v) is 2.26. The Morgan fingerprint density at radius 1 is 1.00 bits per heavy atom. The number of carbonyl (C=O) groups excluding carboxylic acids is 1. The number of ether oxygens (including phenoxy) is 2. The van der Waals surface area contributed by atoms with Crippen molar-refractivity contribution in [3.63, 3.8) is 0 Å². The zero-order chi connectivity index (χ0) is 15.3. The highest BCUT2D eigenvalue weighted by atomic mass is 16.5. The highest BCUT2D eigenvalue weighted by Crippen LogP contribution is 2.15. The molecule has 3 heteroatoms. The molecule has 0 amide bonds. The van der Waals surface area contributed by atoms with Gasteiger partial charge in [0.15, 0.2) is 0 Å². The van der Waals surface area contributed by atoms with Crippen LogP contribution in [-0.4, -0.2) is 19.7 Å². The van der Waals surface area contributed by atoms with Crippen LogP contribution in [0.4, 0.5) is 0 Å². The van der Waals surface area contributed by atoms with Crippen molar-refractivity contribution >= 4 is 5.97 Å². The van der Waals surface area contributed by atoms with Crippen LogP contribution in [0.1, 0.15) is 68.6 Å². The summed E-state index contributed by atoms with van der Waals surface area (Å²) in [5.41, 5.74) is 0.533. The summed E-state index contributed by atoms with van der Waals surface area (Å²) in [4.78, 5) is 11.4. The average Bonchev–Trinajstić information content (AvgIpc) is 2.53. The van der Waals surface area contributed by atoms with Crippen molar-refractivity contribution in [3.8, 4) is 5.75 Å². The maximum absolute atomic E-state index is 11.4. The first-order valence-corrected chi connectivity index (χ1v) is 8.09. The van der Waals surface area contributed by atoms with Gasteiger partial charge < -0.3 is 9.47 Å². The van der Waals surface area contributed by atoms with E-state index in [0.29, 0.717) is 12.2 Å². The number of benzene rings is 1. The fourth-order valence-electron chi connectivity index (χ4n) is 2.26. The molecule has 0 saturated heterocycles. The Balaban J connectivity index is 2.11. The highest BCUT2D eigenvalue weighted by Gasteiger charge is 2.05. The van der Waals surface area contributed by atoms with E-state index in [4.69, 9.17) is 9.47 Å². The first-order chi connectivity index (χ1) is 10.3. The van der Waals surface area contributed by atoms with E-state index in [1.807, 2.05) is 12.1 Å². The van der Waals surface area contributed by atoms with Crippen LogP contribution < -0.4 is 4.74 Å². The highest BCUT2D eigenvalue weighted by molar-refractivity contribution is 5.89. The standard InChI is InChI=1S/C18H28O3/c1-3-4-5-6-7-8-9-10-14-21-17-13-11-12-16(15-17)18(19)20-2/h11-13,15H,3-10,14H2,1-2H3. The number of hydrogen-bond acceptors (Lipinski definition) is 3. The minimum atomic E-state index is -0.326. The zero-order valence-corrected chi connectivity index (χ0v) is 13.4. The summed E-state index contributed by atoms with van der Waals surface area (Å²) in [5, 5.41) is 0.